The maximum Gasteiger partial charge on any atom is 0.339 e. The molecule has 0 radical (unpaired) electrons. The predicted octanol–water partition coefficient (Wildman–Crippen LogP) is 6.08. The minimum absolute atomic E-state index is 0.150. The van der Waals surface area contributed by atoms with Crippen molar-refractivity contribution in [2.24, 2.45) is 0 Å². The molecule has 1 N–H and O–H groups in total. The smallest absolute Gasteiger partial charge is 0.339 e. The molecule has 0 saturated carbocycles. The lowest BCUT2D eigenvalue weighted by molar-refractivity contribution is -0.125. The molecule has 0 aliphatic rings. The first-order chi connectivity index (χ1) is 17.9. The molecule has 0 unspecified atom stereocenters. The van der Waals surface area contributed by atoms with Gasteiger partial charge in [-0.05, 0) is 51.1 Å². The molecule has 0 aliphatic carbocycles. The van der Waals surface area contributed by atoms with Crippen LogP contribution in [0.1, 0.15) is 42.8 Å². The molecule has 0 spiro atoms. The van der Waals surface area contributed by atoms with Crippen molar-refractivity contribution in [3.63, 3.8) is 0 Å². The Labute approximate surface area is 221 Å². The summed E-state index contributed by atoms with van der Waals surface area (Å²) < 4.78 is 28.0. The fourth-order valence-corrected chi connectivity index (χ4v) is 3.79. The number of esters is 1. The Kier molecular flexibility index (Phi) is 10.0. The van der Waals surface area contributed by atoms with Crippen molar-refractivity contribution < 1.29 is 33.3 Å². The van der Waals surface area contributed by atoms with Crippen LogP contribution in [-0.2, 0) is 9.53 Å². The normalized spacial score (nSPS) is 11.3. The van der Waals surface area contributed by atoms with Crippen LogP contribution in [-0.4, -0.2) is 38.8 Å². The summed E-state index contributed by atoms with van der Waals surface area (Å²) in [6.45, 7) is 6.57. The summed E-state index contributed by atoms with van der Waals surface area (Å²) in [7, 11) is 1.50. The summed E-state index contributed by atoms with van der Waals surface area (Å²) in [5.41, 5.74) is 1.07. The van der Waals surface area contributed by atoms with Gasteiger partial charge < -0.3 is 29.0 Å². The highest BCUT2D eigenvalue weighted by atomic mass is 35.5. The third-order valence-corrected chi connectivity index (χ3v) is 5.42. The second-order valence-corrected chi connectivity index (χ2v) is 8.04. The van der Waals surface area contributed by atoms with Crippen LogP contribution in [0.5, 0.6) is 23.0 Å². The Morgan fingerprint density at radius 3 is 2.00 bits per heavy atom. The number of halogens is 1. The van der Waals surface area contributed by atoms with Crippen molar-refractivity contribution in [1.82, 2.24) is 0 Å². The Morgan fingerprint density at radius 1 is 0.838 bits per heavy atom. The van der Waals surface area contributed by atoms with Crippen molar-refractivity contribution in [2.45, 2.75) is 26.9 Å². The molecule has 3 aromatic rings. The van der Waals surface area contributed by atoms with Gasteiger partial charge in [-0.3, -0.25) is 4.79 Å². The molecule has 1 amide bonds. The zero-order valence-electron chi connectivity index (χ0n) is 21.2. The maximum absolute atomic E-state index is 13.3. The number of benzene rings is 3. The molecular formula is C28H30ClNO7. The summed E-state index contributed by atoms with van der Waals surface area (Å²) in [6.07, 6.45) is -1.24. The summed E-state index contributed by atoms with van der Waals surface area (Å²) in [5.74, 6) is 0.267. The average Bonchev–Trinajstić information content (AvgIpc) is 2.89. The van der Waals surface area contributed by atoms with Gasteiger partial charge in [0.15, 0.2) is 11.5 Å². The molecule has 3 aromatic carbocycles. The predicted molar refractivity (Wildman–Crippen MR) is 141 cm³/mol. The van der Waals surface area contributed by atoms with Gasteiger partial charge in [0.2, 0.25) is 11.9 Å². The number of anilines is 1. The lowest BCUT2D eigenvalue weighted by atomic mass is 10.1. The quantitative estimate of drug-likeness (QED) is 0.285. The SMILES string of the molecule is CCOc1cc(C(=O)O[C@@H](C(=O)Nc2ccc(OC)c(Cl)c2)c2ccccc2)cc(OCC)c1OCC. The topological polar surface area (TPSA) is 92.3 Å². The van der Waals surface area contributed by atoms with Crippen LogP contribution >= 0.6 is 11.6 Å². The van der Waals surface area contributed by atoms with E-state index in [0.29, 0.717) is 59.1 Å². The van der Waals surface area contributed by atoms with E-state index in [0.717, 1.165) is 0 Å². The fraction of sp³-hybridized carbons (Fsp3) is 0.286. The van der Waals surface area contributed by atoms with Gasteiger partial charge in [0.05, 0.1) is 37.5 Å². The number of hydrogen-bond donors (Lipinski definition) is 1. The van der Waals surface area contributed by atoms with Gasteiger partial charge in [0, 0.05) is 11.3 Å². The molecule has 1 atom stereocenters. The summed E-state index contributed by atoms with van der Waals surface area (Å²) in [4.78, 5) is 26.6. The number of hydrogen-bond acceptors (Lipinski definition) is 7. The first-order valence-electron chi connectivity index (χ1n) is 11.9. The minimum Gasteiger partial charge on any atom is -0.495 e. The van der Waals surface area contributed by atoms with Gasteiger partial charge in [-0.2, -0.15) is 0 Å². The van der Waals surface area contributed by atoms with E-state index in [1.165, 1.54) is 19.2 Å². The molecule has 3 rings (SSSR count). The molecule has 37 heavy (non-hydrogen) atoms. The molecule has 8 nitrogen and oxygen atoms in total. The number of nitrogens with one attached hydrogen (secondary N) is 1. The number of methoxy groups -OCH3 is 1. The van der Waals surface area contributed by atoms with Crippen LogP contribution in [0, 0.1) is 0 Å². The summed E-state index contributed by atoms with van der Waals surface area (Å²) in [5, 5.41) is 3.08. The molecule has 0 bridgehead atoms. The number of ether oxygens (including phenoxy) is 5. The van der Waals surface area contributed by atoms with Crippen LogP contribution in [0.15, 0.2) is 60.7 Å². The zero-order valence-corrected chi connectivity index (χ0v) is 22.0. The van der Waals surface area contributed by atoms with Gasteiger partial charge >= 0.3 is 5.97 Å². The van der Waals surface area contributed by atoms with Crippen LogP contribution in [0.3, 0.4) is 0 Å². The highest BCUT2D eigenvalue weighted by molar-refractivity contribution is 6.32. The first-order valence-corrected chi connectivity index (χ1v) is 12.3. The highest BCUT2D eigenvalue weighted by Gasteiger charge is 2.28. The van der Waals surface area contributed by atoms with E-state index >= 15 is 0 Å². The van der Waals surface area contributed by atoms with E-state index in [9.17, 15) is 9.59 Å². The molecular weight excluding hydrogens is 498 g/mol. The zero-order chi connectivity index (χ0) is 26.8. The van der Waals surface area contributed by atoms with E-state index in [2.05, 4.69) is 5.32 Å². The first kappa shape index (κ1) is 27.7. The summed E-state index contributed by atoms with van der Waals surface area (Å²) >= 11 is 6.19. The van der Waals surface area contributed by atoms with Crippen molar-refractivity contribution in [3.05, 3.63) is 76.8 Å². The van der Waals surface area contributed by atoms with Crippen LogP contribution < -0.4 is 24.3 Å². The molecule has 9 heteroatoms. The van der Waals surface area contributed by atoms with E-state index in [4.69, 9.17) is 35.3 Å². The maximum atomic E-state index is 13.3. The Balaban J connectivity index is 1.93. The van der Waals surface area contributed by atoms with E-state index < -0.39 is 18.0 Å². The number of carbonyl (C=O) groups excluding carboxylic acids is 2. The van der Waals surface area contributed by atoms with Crippen molar-refractivity contribution in [1.29, 1.82) is 0 Å². The lowest BCUT2D eigenvalue weighted by Crippen LogP contribution is -2.26. The molecule has 0 heterocycles. The van der Waals surface area contributed by atoms with Crippen molar-refractivity contribution in [3.8, 4) is 23.0 Å². The Morgan fingerprint density at radius 2 is 1.46 bits per heavy atom. The molecule has 196 valence electrons. The molecule has 0 aliphatic heterocycles. The van der Waals surface area contributed by atoms with Gasteiger partial charge in [-0.1, -0.05) is 41.9 Å². The second-order valence-electron chi connectivity index (χ2n) is 7.64. The largest absolute Gasteiger partial charge is 0.495 e. The van der Waals surface area contributed by atoms with Gasteiger partial charge in [0.1, 0.15) is 5.75 Å². The monoisotopic (exact) mass is 527 g/mol. The van der Waals surface area contributed by atoms with Crippen LogP contribution in [0.25, 0.3) is 0 Å². The number of amides is 1. The van der Waals surface area contributed by atoms with Gasteiger partial charge in [-0.15, -0.1) is 0 Å². The number of carbonyl (C=O) groups is 2. The third-order valence-electron chi connectivity index (χ3n) is 5.13. The van der Waals surface area contributed by atoms with Gasteiger partial charge in [0.25, 0.3) is 5.91 Å². The van der Waals surface area contributed by atoms with Crippen molar-refractivity contribution in [2.75, 3.05) is 32.2 Å². The second kappa shape index (κ2) is 13.4. The molecule has 0 fully saturated rings. The number of rotatable bonds is 12. The van der Waals surface area contributed by atoms with Crippen molar-refractivity contribution >= 4 is 29.2 Å². The van der Waals surface area contributed by atoms with E-state index in [-0.39, 0.29) is 5.56 Å². The summed E-state index contributed by atoms with van der Waals surface area (Å²) in [6, 6.07) is 16.6. The molecule has 0 saturated heterocycles. The van der Waals surface area contributed by atoms with Gasteiger partial charge in [-0.25, -0.2) is 4.79 Å². The van der Waals surface area contributed by atoms with Crippen LogP contribution in [0.4, 0.5) is 5.69 Å². The van der Waals surface area contributed by atoms with Crippen LogP contribution in [0.2, 0.25) is 5.02 Å². The lowest BCUT2D eigenvalue weighted by Gasteiger charge is -2.20. The van der Waals surface area contributed by atoms with E-state index in [1.54, 1.807) is 48.5 Å². The standard InChI is InChI=1S/C28H30ClNO7/c1-5-34-23-15-19(16-24(35-6-2)26(23)36-7-3)28(32)37-25(18-11-9-8-10-12-18)27(31)30-20-13-14-22(33-4)21(29)17-20/h8-17,25H,5-7H2,1-4H3,(H,30,31)/t25-/m1/s1. The fourth-order valence-electron chi connectivity index (χ4n) is 3.53. The average molecular weight is 528 g/mol. The minimum atomic E-state index is -1.24. The highest BCUT2D eigenvalue weighted by Crippen LogP contribution is 2.39. The van der Waals surface area contributed by atoms with E-state index in [1.807, 2.05) is 20.8 Å². The molecule has 0 aromatic heterocycles. The Bertz CT molecular complexity index is 1190. The Hall–Kier alpha value is -3.91. The third kappa shape index (κ3) is 7.07.